The molecule has 1 unspecified atom stereocenters. The maximum absolute atomic E-state index is 12.6. The Kier molecular flexibility index (Phi) is 3.46. The average Bonchev–Trinajstić information content (AvgIpc) is 2.90. The Balaban J connectivity index is 1.87. The van der Waals surface area contributed by atoms with Crippen LogP contribution in [0.2, 0.25) is 0 Å². The highest BCUT2D eigenvalue weighted by Gasteiger charge is 2.35. The minimum atomic E-state index is -0.935. The van der Waals surface area contributed by atoms with E-state index in [1.807, 2.05) is 0 Å². The van der Waals surface area contributed by atoms with E-state index in [4.69, 9.17) is 4.52 Å². The second-order valence-corrected chi connectivity index (χ2v) is 5.49. The lowest BCUT2D eigenvalue weighted by Crippen LogP contribution is -2.48. The molecule has 1 amide bonds. The van der Waals surface area contributed by atoms with E-state index in [9.17, 15) is 14.7 Å². The van der Waals surface area contributed by atoms with Gasteiger partial charge < -0.3 is 14.5 Å². The second kappa shape index (κ2) is 5.26. The zero-order chi connectivity index (χ0) is 14.1. The number of fused-ring (bicyclic) bond motifs is 1. The highest BCUT2D eigenvalue weighted by Crippen LogP contribution is 2.27. The van der Waals surface area contributed by atoms with Crippen LogP contribution in [-0.2, 0) is 17.6 Å². The van der Waals surface area contributed by atoms with Crippen molar-refractivity contribution in [2.24, 2.45) is 0 Å². The zero-order valence-corrected chi connectivity index (χ0v) is 11.3. The van der Waals surface area contributed by atoms with E-state index >= 15 is 0 Å². The van der Waals surface area contributed by atoms with Gasteiger partial charge in [-0.15, -0.1) is 0 Å². The van der Waals surface area contributed by atoms with Crippen LogP contribution in [0.3, 0.4) is 0 Å². The van der Waals surface area contributed by atoms with Gasteiger partial charge in [0.1, 0.15) is 11.8 Å². The van der Waals surface area contributed by atoms with Gasteiger partial charge in [0, 0.05) is 18.5 Å². The highest BCUT2D eigenvalue weighted by atomic mass is 16.5. The Labute approximate surface area is 116 Å². The summed E-state index contributed by atoms with van der Waals surface area (Å²) in [5.74, 6) is -0.428. The summed E-state index contributed by atoms with van der Waals surface area (Å²) in [6, 6.07) is -0.729. The number of aryl methyl sites for hydroxylation is 1. The van der Waals surface area contributed by atoms with E-state index in [0.717, 1.165) is 49.8 Å². The van der Waals surface area contributed by atoms with Crippen molar-refractivity contribution in [3.63, 3.8) is 0 Å². The number of aromatic nitrogens is 1. The van der Waals surface area contributed by atoms with Gasteiger partial charge in [-0.25, -0.2) is 4.79 Å². The molecule has 6 nitrogen and oxygen atoms in total. The summed E-state index contributed by atoms with van der Waals surface area (Å²) < 4.78 is 5.25. The highest BCUT2D eigenvalue weighted by molar-refractivity contribution is 5.96. The Morgan fingerprint density at radius 2 is 2.00 bits per heavy atom. The molecule has 1 fully saturated rings. The fourth-order valence-electron chi connectivity index (χ4n) is 3.12. The summed E-state index contributed by atoms with van der Waals surface area (Å²) >= 11 is 0. The van der Waals surface area contributed by atoms with E-state index in [-0.39, 0.29) is 5.91 Å². The molecule has 1 saturated heterocycles. The summed E-state index contributed by atoms with van der Waals surface area (Å²) in [5.41, 5.74) is 1.21. The van der Waals surface area contributed by atoms with Crippen LogP contribution in [0.1, 0.15) is 53.9 Å². The number of hydrogen-bond donors (Lipinski definition) is 1. The smallest absolute Gasteiger partial charge is 0.326 e. The first kappa shape index (κ1) is 13.1. The number of aliphatic carboxylic acids is 1. The largest absolute Gasteiger partial charge is 0.480 e. The van der Waals surface area contributed by atoms with E-state index in [1.165, 1.54) is 4.90 Å². The number of nitrogens with zero attached hydrogens (tertiary/aromatic N) is 2. The van der Waals surface area contributed by atoms with Crippen LogP contribution in [0.4, 0.5) is 0 Å². The number of amides is 1. The summed E-state index contributed by atoms with van der Waals surface area (Å²) in [4.78, 5) is 25.3. The number of hydrogen-bond acceptors (Lipinski definition) is 4. The fraction of sp³-hybridized carbons (Fsp3) is 0.643. The van der Waals surface area contributed by atoms with E-state index < -0.39 is 12.0 Å². The van der Waals surface area contributed by atoms with Crippen LogP contribution in [0, 0.1) is 0 Å². The Bertz CT molecular complexity index is 537. The number of carboxylic acid groups (broad SMARTS) is 1. The number of piperidine rings is 1. The molecule has 1 N–H and O–H groups in total. The molecule has 0 aromatic carbocycles. The van der Waals surface area contributed by atoms with Crippen LogP contribution in [0.15, 0.2) is 4.52 Å². The molecule has 3 rings (SSSR count). The lowest BCUT2D eigenvalue weighted by molar-refractivity contribution is -0.143. The quantitative estimate of drug-likeness (QED) is 0.889. The Hall–Kier alpha value is -1.85. The fourth-order valence-corrected chi connectivity index (χ4v) is 3.12. The van der Waals surface area contributed by atoms with Crippen molar-refractivity contribution >= 4 is 11.9 Å². The molecule has 1 aliphatic carbocycles. The molecule has 1 aromatic heterocycles. The number of likely N-dealkylation sites (tertiary alicyclic amines) is 1. The van der Waals surface area contributed by atoms with Gasteiger partial charge in [0.15, 0.2) is 5.69 Å². The average molecular weight is 278 g/mol. The first-order valence-corrected chi connectivity index (χ1v) is 7.19. The van der Waals surface area contributed by atoms with Gasteiger partial charge in [0.2, 0.25) is 0 Å². The SMILES string of the molecule is O=C(O)C1CCCCN1C(=O)c1noc2c1CCCC2. The van der Waals surface area contributed by atoms with Crippen LogP contribution >= 0.6 is 0 Å². The predicted octanol–water partition coefficient (Wildman–Crippen LogP) is 1.63. The third-order valence-corrected chi connectivity index (χ3v) is 4.20. The topological polar surface area (TPSA) is 83.6 Å². The maximum atomic E-state index is 12.6. The molecular formula is C14H18N2O4. The van der Waals surface area contributed by atoms with Crippen LogP contribution in [0.5, 0.6) is 0 Å². The molecule has 2 aliphatic rings. The van der Waals surface area contributed by atoms with Gasteiger partial charge in [-0.1, -0.05) is 5.16 Å². The maximum Gasteiger partial charge on any atom is 0.326 e. The van der Waals surface area contributed by atoms with Gasteiger partial charge in [0.25, 0.3) is 5.91 Å². The normalized spacial score (nSPS) is 22.4. The van der Waals surface area contributed by atoms with Crippen molar-refractivity contribution in [2.45, 2.75) is 51.0 Å². The number of rotatable bonds is 2. The molecule has 1 atom stereocenters. The third kappa shape index (κ3) is 2.19. The van der Waals surface area contributed by atoms with Gasteiger partial charge in [-0.3, -0.25) is 4.79 Å². The van der Waals surface area contributed by atoms with Crippen molar-refractivity contribution < 1.29 is 19.2 Å². The second-order valence-electron chi connectivity index (χ2n) is 5.49. The minimum absolute atomic E-state index is 0.288. The zero-order valence-electron chi connectivity index (χ0n) is 11.3. The molecular weight excluding hydrogens is 260 g/mol. The molecule has 0 spiro atoms. The molecule has 0 radical (unpaired) electrons. The predicted molar refractivity (Wildman–Crippen MR) is 69.5 cm³/mol. The van der Waals surface area contributed by atoms with Crippen molar-refractivity contribution in [1.82, 2.24) is 10.1 Å². The summed E-state index contributed by atoms with van der Waals surface area (Å²) in [6.07, 6.45) is 5.89. The van der Waals surface area contributed by atoms with Crippen LogP contribution in [-0.4, -0.2) is 39.6 Å². The monoisotopic (exact) mass is 278 g/mol. The standard InChI is InChI=1S/C14H18N2O4/c17-13(16-8-4-3-6-10(16)14(18)19)12-9-5-1-2-7-11(9)20-15-12/h10H,1-8H2,(H,18,19). The van der Waals surface area contributed by atoms with E-state index in [1.54, 1.807) is 0 Å². The van der Waals surface area contributed by atoms with Crippen molar-refractivity contribution in [2.75, 3.05) is 6.54 Å². The number of carbonyl (C=O) groups is 2. The molecule has 0 saturated carbocycles. The molecule has 1 aromatic rings. The first-order chi connectivity index (χ1) is 9.68. The first-order valence-electron chi connectivity index (χ1n) is 7.19. The number of carbonyl (C=O) groups excluding carboxylic acids is 1. The summed E-state index contributed by atoms with van der Waals surface area (Å²) in [7, 11) is 0. The minimum Gasteiger partial charge on any atom is -0.480 e. The molecule has 20 heavy (non-hydrogen) atoms. The van der Waals surface area contributed by atoms with Gasteiger partial charge in [0.05, 0.1) is 0 Å². The molecule has 1 aliphatic heterocycles. The van der Waals surface area contributed by atoms with Gasteiger partial charge in [-0.2, -0.15) is 0 Å². The van der Waals surface area contributed by atoms with E-state index in [0.29, 0.717) is 18.7 Å². The van der Waals surface area contributed by atoms with E-state index in [2.05, 4.69) is 5.16 Å². The van der Waals surface area contributed by atoms with Crippen LogP contribution in [0.25, 0.3) is 0 Å². The number of carboxylic acids is 1. The summed E-state index contributed by atoms with van der Waals surface area (Å²) in [6.45, 7) is 0.484. The van der Waals surface area contributed by atoms with Crippen molar-refractivity contribution in [3.8, 4) is 0 Å². The lowest BCUT2D eigenvalue weighted by Gasteiger charge is -2.32. The van der Waals surface area contributed by atoms with Crippen molar-refractivity contribution in [3.05, 3.63) is 17.0 Å². The molecule has 108 valence electrons. The van der Waals surface area contributed by atoms with Gasteiger partial charge in [-0.05, 0) is 38.5 Å². The van der Waals surface area contributed by atoms with Gasteiger partial charge >= 0.3 is 5.97 Å². The molecule has 2 heterocycles. The van der Waals surface area contributed by atoms with Crippen molar-refractivity contribution in [1.29, 1.82) is 0 Å². The van der Waals surface area contributed by atoms with Crippen LogP contribution < -0.4 is 0 Å². The molecule has 0 bridgehead atoms. The Morgan fingerprint density at radius 1 is 1.20 bits per heavy atom. The Morgan fingerprint density at radius 3 is 2.80 bits per heavy atom. The summed E-state index contributed by atoms with van der Waals surface area (Å²) in [5, 5.41) is 13.2. The molecule has 6 heteroatoms. The lowest BCUT2D eigenvalue weighted by atomic mass is 9.95. The third-order valence-electron chi connectivity index (χ3n) is 4.20.